The number of aryl methyl sites for hydroxylation is 3. The molecule has 2 rings (SSSR count). The summed E-state index contributed by atoms with van der Waals surface area (Å²) in [7, 11) is 0. The number of aromatic nitrogens is 4. The van der Waals surface area contributed by atoms with E-state index in [4.69, 9.17) is 0 Å². The van der Waals surface area contributed by atoms with Crippen LogP contribution in [0, 0.1) is 13.8 Å². The van der Waals surface area contributed by atoms with E-state index in [0.717, 1.165) is 35.7 Å². The summed E-state index contributed by atoms with van der Waals surface area (Å²) < 4.78 is 3.70. The van der Waals surface area contributed by atoms with Gasteiger partial charge < -0.3 is 5.32 Å². The van der Waals surface area contributed by atoms with E-state index in [9.17, 15) is 4.79 Å². The van der Waals surface area contributed by atoms with Crippen LogP contribution >= 0.6 is 0 Å². The Hall–Kier alpha value is -2.11. The first-order chi connectivity index (χ1) is 10.9. The van der Waals surface area contributed by atoms with Crippen molar-refractivity contribution < 1.29 is 4.79 Å². The van der Waals surface area contributed by atoms with E-state index >= 15 is 0 Å². The molecule has 6 heteroatoms. The first-order valence-corrected chi connectivity index (χ1v) is 8.32. The Morgan fingerprint density at radius 3 is 2.48 bits per heavy atom. The van der Waals surface area contributed by atoms with Crippen molar-refractivity contribution in [1.29, 1.82) is 0 Å². The second kappa shape index (κ2) is 6.98. The van der Waals surface area contributed by atoms with Gasteiger partial charge in [0.2, 0.25) is 0 Å². The summed E-state index contributed by atoms with van der Waals surface area (Å²) >= 11 is 0. The summed E-state index contributed by atoms with van der Waals surface area (Å²) in [6.45, 7) is 13.7. The molecule has 0 aliphatic rings. The molecule has 1 N–H and O–H groups in total. The van der Waals surface area contributed by atoms with Crippen molar-refractivity contribution in [3.63, 3.8) is 0 Å². The lowest BCUT2D eigenvalue weighted by molar-refractivity contribution is 0.101. The Labute approximate surface area is 137 Å². The summed E-state index contributed by atoms with van der Waals surface area (Å²) in [5.41, 5.74) is 4.17. The number of rotatable bonds is 6. The monoisotopic (exact) mass is 317 g/mol. The molecule has 0 unspecified atom stereocenters. The summed E-state index contributed by atoms with van der Waals surface area (Å²) in [4.78, 5) is 12.7. The minimum atomic E-state index is -0.131. The lowest BCUT2D eigenvalue weighted by Gasteiger charge is -2.07. The normalized spacial score (nSPS) is 11.3. The van der Waals surface area contributed by atoms with Crippen molar-refractivity contribution >= 4 is 11.6 Å². The average Bonchev–Trinajstić information content (AvgIpc) is 3.05. The van der Waals surface area contributed by atoms with E-state index in [1.165, 1.54) is 0 Å². The zero-order valence-electron chi connectivity index (χ0n) is 15.0. The Morgan fingerprint density at radius 1 is 1.22 bits per heavy atom. The van der Waals surface area contributed by atoms with Crippen LogP contribution in [0.15, 0.2) is 6.07 Å². The van der Waals surface area contributed by atoms with Crippen LogP contribution in [0.5, 0.6) is 0 Å². The molecular weight excluding hydrogens is 290 g/mol. The number of nitrogens with zero attached hydrogens (tertiary/aromatic N) is 4. The highest BCUT2D eigenvalue weighted by Gasteiger charge is 2.19. The summed E-state index contributed by atoms with van der Waals surface area (Å²) in [5, 5.41) is 12.0. The molecule has 0 aromatic carbocycles. The second-order valence-electron chi connectivity index (χ2n) is 6.15. The molecule has 0 aliphatic heterocycles. The van der Waals surface area contributed by atoms with Crippen LogP contribution in [-0.4, -0.2) is 25.5 Å². The van der Waals surface area contributed by atoms with Gasteiger partial charge in [0.25, 0.3) is 5.91 Å². The van der Waals surface area contributed by atoms with E-state index in [2.05, 4.69) is 36.3 Å². The minimum absolute atomic E-state index is 0.131. The Balaban J connectivity index is 2.29. The Morgan fingerprint density at radius 2 is 1.91 bits per heavy atom. The topological polar surface area (TPSA) is 64.7 Å². The van der Waals surface area contributed by atoms with Gasteiger partial charge in [0.05, 0.1) is 22.8 Å². The van der Waals surface area contributed by atoms with Crippen LogP contribution in [0.3, 0.4) is 0 Å². The molecule has 0 atom stereocenters. The largest absolute Gasteiger partial charge is 0.317 e. The number of carbonyl (C=O) groups is 1. The first-order valence-electron chi connectivity index (χ1n) is 8.32. The Bertz CT molecular complexity index is 696. The zero-order chi connectivity index (χ0) is 17.1. The lowest BCUT2D eigenvalue weighted by Crippen LogP contribution is -2.18. The molecule has 2 aromatic heterocycles. The van der Waals surface area contributed by atoms with Crippen molar-refractivity contribution in [1.82, 2.24) is 19.6 Å². The highest BCUT2D eigenvalue weighted by atomic mass is 16.2. The van der Waals surface area contributed by atoms with Crippen LogP contribution in [0.4, 0.5) is 5.69 Å². The van der Waals surface area contributed by atoms with Crippen LogP contribution in [0.25, 0.3) is 0 Å². The second-order valence-corrected chi connectivity index (χ2v) is 6.15. The quantitative estimate of drug-likeness (QED) is 0.887. The standard InChI is InChI=1S/C17H27N5O/c1-7-9-22-13(6)16(12(5)19-22)18-17(23)15-10-14(11(3)4)20-21(15)8-2/h10-11H,7-9H2,1-6H3,(H,18,23). The predicted molar refractivity (Wildman–Crippen MR) is 91.9 cm³/mol. The maximum Gasteiger partial charge on any atom is 0.274 e. The van der Waals surface area contributed by atoms with Gasteiger partial charge in [0.15, 0.2) is 0 Å². The molecule has 23 heavy (non-hydrogen) atoms. The molecule has 1 amide bonds. The van der Waals surface area contributed by atoms with Crippen molar-refractivity contribution in [2.45, 2.75) is 67.0 Å². The van der Waals surface area contributed by atoms with Crippen molar-refractivity contribution in [3.05, 3.63) is 28.8 Å². The number of anilines is 1. The molecule has 0 fully saturated rings. The van der Waals surface area contributed by atoms with Gasteiger partial charge in [-0.3, -0.25) is 14.2 Å². The molecule has 2 heterocycles. The molecule has 0 aliphatic carbocycles. The third-order valence-electron chi connectivity index (χ3n) is 3.98. The number of amides is 1. The van der Waals surface area contributed by atoms with Gasteiger partial charge in [-0.2, -0.15) is 10.2 Å². The van der Waals surface area contributed by atoms with Gasteiger partial charge in [-0.05, 0) is 39.2 Å². The van der Waals surface area contributed by atoms with Gasteiger partial charge >= 0.3 is 0 Å². The Kier molecular flexibility index (Phi) is 5.23. The fourth-order valence-corrected chi connectivity index (χ4v) is 2.63. The predicted octanol–water partition coefficient (Wildman–Crippen LogP) is 3.50. The van der Waals surface area contributed by atoms with E-state index in [1.807, 2.05) is 31.5 Å². The molecule has 0 spiro atoms. The lowest BCUT2D eigenvalue weighted by atomic mass is 10.1. The number of hydrogen-bond acceptors (Lipinski definition) is 3. The molecule has 0 saturated heterocycles. The van der Waals surface area contributed by atoms with Crippen LogP contribution in [-0.2, 0) is 13.1 Å². The van der Waals surface area contributed by atoms with E-state index in [1.54, 1.807) is 4.68 Å². The molecule has 6 nitrogen and oxygen atoms in total. The smallest absolute Gasteiger partial charge is 0.274 e. The van der Waals surface area contributed by atoms with Crippen molar-refractivity contribution in [3.8, 4) is 0 Å². The fourth-order valence-electron chi connectivity index (χ4n) is 2.63. The van der Waals surface area contributed by atoms with Gasteiger partial charge in [-0.1, -0.05) is 20.8 Å². The molecular formula is C17H27N5O. The van der Waals surface area contributed by atoms with E-state index < -0.39 is 0 Å². The third-order valence-corrected chi connectivity index (χ3v) is 3.98. The van der Waals surface area contributed by atoms with Crippen LogP contribution in [0.2, 0.25) is 0 Å². The highest BCUT2D eigenvalue weighted by Crippen LogP contribution is 2.21. The number of nitrogens with one attached hydrogen (secondary N) is 1. The molecule has 0 radical (unpaired) electrons. The number of hydrogen-bond donors (Lipinski definition) is 1. The van der Waals surface area contributed by atoms with Gasteiger partial charge in [0.1, 0.15) is 5.69 Å². The summed E-state index contributed by atoms with van der Waals surface area (Å²) in [5.74, 6) is 0.165. The van der Waals surface area contributed by atoms with Crippen LogP contribution < -0.4 is 5.32 Å². The zero-order valence-corrected chi connectivity index (χ0v) is 15.0. The molecule has 126 valence electrons. The maximum atomic E-state index is 12.7. The van der Waals surface area contributed by atoms with Crippen LogP contribution in [0.1, 0.15) is 67.6 Å². The van der Waals surface area contributed by atoms with Gasteiger partial charge in [-0.15, -0.1) is 0 Å². The third kappa shape index (κ3) is 3.46. The number of carbonyl (C=O) groups excluding carboxylic acids is 1. The molecule has 0 saturated carbocycles. The van der Waals surface area contributed by atoms with Crippen molar-refractivity contribution in [2.24, 2.45) is 0 Å². The van der Waals surface area contributed by atoms with E-state index in [0.29, 0.717) is 18.2 Å². The molecule has 0 bridgehead atoms. The molecule has 2 aromatic rings. The average molecular weight is 317 g/mol. The SMILES string of the molecule is CCCn1nc(C)c(NC(=O)c2cc(C(C)C)nn2CC)c1C. The minimum Gasteiger partial charge on any atom is -0.317 e. The summed E-state index contributed by atoms with van der Waals surface area (Å²) in [6, 6.07) is 1.88. The first kappa shape index (κ1) is 17.2. The highest BCUT2D eigenvalue weighted by molar-refractivity contribution is 6.03. The van der Waals surface area contributed by atoms with Crippen molar-refractivity contribution in [2.75, 3.05) is 5.32 Å². The van der Waals surface area contributed by atoms with Gasteiger partial charge in [0, 0.05) is 13.1 Å². The fraction of sp³-hybridized carbons (Fsp3) is 0.588. The maximum absolute atomic E-state index is 12.7. The van der Waals surface area contributed by atoms with Gasteiger partial charge in [-0.25, -0.2) is 0 Å². The summed E-state index contributed by atoms with van der Waals surface area (Å²) in [6.07, 6.45) is 1.01. The van der Waals surface area contributed by atoms with E-state index in [-0.39, 0.29) is 5.91 Å².